The Kier molecular flexibility index (Phi) is 7.62. The Morgan fingerprint density at radius 2 is 2.00 bits per heavy atom. The van der Waals surface area contributed by atoms with E-state index in [0.29, 0.717) is 5.56 Å². The van der Waals surface area contributed by atoms with Crippen molar-refractivity contribution in [2.45, 2.75) is 6.61 Å². The molecule has 1 N–H and O–H groups in total. The van der Waals surface area contributed by atoms with Gasteiger partial charge in [0, 0.05) is 6.20 Å². The normalized spacial score (nSPS) is 7.82. The van der Waals surface area contributed by atoms with Crippen LogP contribution in [-0.2, 0) is 6.61 Å². The predicted octanol–water partition coefficient (Wildman–Crippen LogP) is 1.56. The largest absolute Gasteiger partial charge is 0.392 e. The fraction of sp³-hybridized carbons (Fsp3) is 0.167. The van der Waals surface area contributed by atoms with Crippen molar-refractivity contribution >= 4 is 24.8 Å². The fourth-order valence-electron chi connectivity index (χ4n) is 0.542. The Bertz CT molecular complexity index is 210. The van der Waals surface area contributed by atoms with Crippen molar-refractivity contribution in [3.8, 4) is 0 Å². The van der Waals surface area contributed by atoms with Gasteiger partial charge in [-0.2, -0.15) is 0 Å². The van der Waals surface area contributed by atoms with Gasteiger partial charge in [0.05, 0.1) is 12.8 Å². The molecule has 0 saturated heterocycles. The van der Waals surface area contributed by atoms with E-state index in [4.69, 9.17) is 5.11 Å². The lowest BCUT2D eigenvalue weighted by Gasteiger charge is -1.91. The summed E-state index contributed by atoms with van der Waals surface area (Å²) in [5, 5.41) is 8.46. The van der Waals surface area contributed by atoms with Gasteiger partial charge in [0.2, 0.25) is 0 Å². The average Bonchev–Trinajstić information content (AvgIpc) is 1.88. The highest BCUT2D eigenvalue weighted by Crippen LogP contribution is 1.98. The third-order valence-corrected chi connectivity index (χ3v) is 0.944. The molecular weight excluding hydrogens is 192 g/mol. The summed E-state index contributed by atoms with van der Waals surface area (Å²) in [6.07, 6.45) is 2.52. The van der Waals surface area contributed by atoms with Crippen LogP contribution in [0.3, 0.4) is 0 Å². The van der Waals surface area contributed by atoms with Gasteiger partial charge >= 0.3 is 0 Å². The molecular formula is C6H8Cl2FNO. The van der Waals surface area contributed by atoms with Crippen LogP contribution in [0.1, 0.15) is 5.56 Å². The first-order valence-electron chi connectivity index (χ1n) is 2.53. The number of rotatable bonds is 1. The van der Waals surface area contributed by atoms with Crippen LogP contribution in [-0.4, -0.2) is 10.1 Å². The van der Waals surface area contributed by atoms with E-state index >= 15 is 0 Å². The molecule has 0 amide bonds. The summed E-state index contributed by atoms with van der Waals surface area (Å²) in [5.41, 5.74) is 0.495. The summed E-state index contributed by atoms with van der Waals surface area (Å²) in [7, 11) is 0. The number of nitrogens with zero attached hydrogens (tertiary/aromatic N) is 1. The van der Waals surface area contributed by atoms with E-state index in [1.54, 1.807) is 0 Å². The van der Waals surface area contributed by atoms with Crippen molar-refractivity contribution in [1.82, 2.24) is 4.98 Å². The smallest absolute Gasteiger partial charge is 0.141 e. The molecule has 0 aliphatic heterocycles. The molecule has 0 unspecified atom stereocenters. The maximum Gasteiger partial charge on any atom is 0.141 e. The molecule has 0 spiro atoms. The third-order valence-electron chi connectivity index (χ3n) is 0.944. The maximum absolute atomic E-state index is 12.2. The summed E-state index contributed by atoms with van der Waals surface area (Å²) in [6, 6.07) is 1.24. The summed E-state index contributed by atoms with van der Waals surface area (Å²) in [5.74, 6) is -0.415. The van der Waals surface area contributed by atoms with Crippen molar-refractivity contribution in [2.75, 3.05) is 0 Å². The zero-order chi connectivity index (χ0) is 6.69. The summed E-state index contributed by atoms with van der Waals surface area (Å²) < 4.78 is 12.2. The van der Waals surface area contributed by atoms with Gasteiger partial charge in [0.25, 0.3) is 0 Å². The molecule has 0 saturated carbocycles. The number of pyridine rings is 1. The number of hydrogen-bond donors (Lipinski definition) is 1. The van der Waals surface area contributed by atoms with Gasteiger partial charge in [-0.15, -0.1) is 24.8 Å². The van der Waals surface area contributed by atoms with Crippen molar-refractivity contribution < 1.29 is 9.50 Å². The highest BCUT2D eigenvalue weighted by molar-refractivity contribution is 5.85. The highest BCUT2D eigenvalue weighted by atomic mass is 35.5. The Morgan fingerprint density at radius 1 is 1.36 bits per heavy atom. The lowest BCUT2D eigenvalue weighted by Crippen LogP contribution is -1.85. The second-order valence-corrected chi connectivity index (χ2v) is 1.67. The molecule has 0 fully saturated rings. The van der Waals surface area contributed by atoms with Crippen molar-refractivity contribution in [1.29, 1.82) is 0 Å². The van der Waals surface area contributed by atoms with Gasteiger partial charge in [0.15, 0.2) is 0 Å². The molecule has 2 nitrogen and oxygen atoms in total. The van der Waals surface area contributed by atoms with E-state index in [2.05, 4.69) is 4.98 Å². The van der Waals surface area contributed by atoms with Crippen LogP contribution >= 0.6 is 24.8 Å². The van der Waals surface area contributed by atoms with Crippen LogP contribution in [0.5, 0.6) is 0 Å². The Morgan fingerprint density at radius 3 is 2.36 bits per heavy atom. The van der Waals surface area contributed by atoms with Crippen molar-refractivity contribution in [3.63, 3.8) is 0 Å². The molecule has 0 aliphatic carbocycles. The van der Waals surface area contributed by atoms with Crippen LogP contribution in [0.2, 0.25) is 0 Å². The van der Waals surface area contributed by atoms with Crippen LogP contribution in [0.15, 0.2) is 18.5 Å². The van der Waals surface area contributed by atoms with E-state index in [-0.39, 0.29) is 31.4 Å². The number of aliphatic hydroxyl groups excluding tert-OH is 1. The molecule has 0 bridgehead atoms. The minimum absolute atomic E-state index is 0. The van der Waals surface area contributed by atoms with Crippen LogP contribution < -0.4 is 0 Å². The molecule has 11 heavy (non-hydrogen) atoms. The van der Waals surface area contributed by atoms with Gasteiger partial charge in [-0.3, -0.25) is 4.98 Å². The van der Waals surface area contributed by atoms with E-state index < -0.39 is 5.82 Å². The Labute approximate surface area is 76.3 Å². The first-order valence-corrected chi connectivity index (χ1v) is 2.53. The number of hydrogen-bond acceptors (Lipinski definition) is 2. The first-order chi connectivity index (χ1) is 4.33. The van der Waals surface area contributed by atoms with E-state index in [0.717, 1.165) is 6.20 Å². The molecule has 1 rings (SSSR count). The molecule has 1 heterocycles. The van der Waals surface area contributed by atoms with E-state index in [1.807, 2.05) is 0 Å². The zero-order valence-corrected chi connectivity index (χ0v) is 7.16. The predicted molar refractivity (Wildman–Crippen MR) is 44.6 cm³/mol. The van der Waals surface area contributed by atoms with Gasteiger partial charge < -0.3 is 5.11 Å². The maximum atomic E-state index is 12.2. The minimum Gasteiger partial charge on any atom is -0.392 e. The molecule has 5 heteroatoms. The standard InChI is InChI=1S/C6H6FNO.2ClH/c7-6-1-5(4-9)2-8-3-6;;/h1-3,9H,4H2;2*1H. The molecule has 64 valence electrons. The minimum atomic E-state index is -0.415. The van der Waals surface area contributed by atoms with Crippen LogP contribution in [0.4, 0.5) is 4.39 Å². The third kappa shape index (κ3) is 4.14. The summed E-state index contributed by atoms with van der Waals surface area (Å²) >= 11 is 0. The van der Waals surface area contributed by atoms with E-state index in [1.165, 1.54) is 12.3 Å². The number of halogens is 3. The number of aliphatic hydroxyl groups is 1. The highest BCUT2D eigenvalue weighted by Gasteiger charge is 1.91. The fourth-order valence-corrected chi connectivity index (χ4v) is 0.542. The first kappa shape index (κ1) is 13.2. The molecule has 0 radical (unpaired) electrons. The monoisotopic (exact) mass is 199 g/mol. The van der Waals surface area contributed by atoms with E-state index in [9.17, 15) is 4.39 Å². The quantitative estimate of drug-likeness (QED) is 0.746. The second-order valence-electron chi connectivity index (χ2n) is 1.67. The molecule has 0 aliphatic rings. The van der Waals surface area contributed by atoms with Gasteiger partial charge in [-0.1, -0.05) is 0 Å². The second kappa shape index (κ2) is 6.34. The molecule has 1 aromatic heterocycles. The SMILES string of the molecule is Cl.Cl.OCc1cncc(F)c1. The lowest BCUT2D eigenvalue weighted by molar-refractivity contribution is 0.280. The molecule has 0 atom stereocenters. The van der Waals surface area contributed by atoms with Gasteiger partial charge in [-0.25, -0.2) is 4.39 Å². The Balaban J connectivity index is 0. The molecule has 0 aromatic carbocycles. The van der Waals surface area contributed by atoms with Gasteiger partial charge in [-0.05, 0) is 11.6 Å². The average molecular weight is 200 g/mol. The molecule has 1 aromatic rings. The zero-order valence-electron chi connectivity index (χ0n) is 5.53. The summed E-state index contributed by atoms with van der Waals surface area (Å²) in [6.45, 7) is -0.162. The van der Waals surface area contributed by atoms with Gasteiger partial charge in [0.1, 0.15) is 5.82 Å². The summed E-state index contributed by atoms with van der Waals surface area (Å²) in [4.78, 5) is 3.52. The lowest BCUT2D eigenvalue weighted by atomic mass is 10.3. The topological polar surface area (TPSA) is 33.1 Å². The Hall–Kier alpha value is -0.380. The van der Waals surface area contributed by atoms with Crippen LogP contribution in [0.25, 0.3) is 0 Å². The number of aromatic nitrogens is 1. The van der Waals surface area contributed by atoms with Crippen molar-refractivity contribution in [2.24, 2.45) is 0 Å². The van der Waals surface area contributed by atoms with Crippen LogP contribution in [0, 0.1) is 5.82 Å². The van der Waals surface area contributed by atoms with Crippen molar-refractivity contribution in [3.05, 3.63) is 29.8 Å².